The first-order chi connectivity index (χ1) is 14.5. The molecule has 2 aromatic rings. The van der Waals surface area contributed by atoms with Crippen molar-refractivity contribution in [3.05, 3.63) is 36.2 Å². The fourth-order valence-electron chi connectivity index (χ4n) is 4.29. The molecule has 1 heterocycles. The summed E-state index contributed by atoms with van der Waals surface area (Å²) in [6.45, 7) is 4.46. The Balaban J connectivity index is 1.77. The molecule has 1 fully saturated rings. The van der Waals surface area contributed by atoms with Gasteiger partial charge in [-0.1, -0.05) is 64.5 Å². The second kappa shape index (κ2) is 11.1. The summed E-state index contributed by atoms with van der Waals surface area (Å²) >= 11 is 0. The number of hydrogen-bond donors (Lipinski definition) is 2. The van der Waals surface area contributed by atoms with Crippen LogP contribution in [-0.2, 0) is 11.2 Å². The Morgan fingerprint density at radius 2 is 1.93 bits per heavy atom. The number of amides is 1. The van der Waals surface area contributed by atoms with Crippen LogP contribution < -0.4 is 11.1 Å². The first-order valence-corrected chi connectivity index (χ1v) is 11.6. The molecule has 1 aromatic heterocycles. The molecule has 0 bridgehead atoms. The van der Waals surface area contributed by atoms with E-state index in [1.54, 1.807) is 6.20 Å². The fraction of sp³-hybridized carbons (Fsp3) is 0.560. The average Bonchev–Trinajstić information content (AvgIpc) is 2.75. The van der Waals surface area contributed by atoms with E-state index >= 15 is 0 Å². The van der Waals surface area contributed by atoms with Crippen molar-refractivity contribution >= 4 is 17.4 Å². The van der Waals surface area contributed by atoms with Gasteiger partial charge in [-0.25, -0.2) is 9.97 Å². The smallest absolute Gasteiger partial charge is 0.225 e. The summed E-state index contributed by atoms with van der Waals surface area (Å²) in [6, 6.07) is 7.68. The number of benzene rings is 1. The van der Waals surface area contributed by atoms with E-state index in [0.29, 0.717) is 24.1 Å². The number of anilines is 2. The van der Waals surface area contributed by atoms with Gasteiger partial charge in [0.25, 0.3) is 0 Å². The Morgan fingerprint density at radius 1 is 1.20 bits per heavy atom. The Hall–Kier alpha value is -2.43. The van der Waals surface area contributed by atoms with E-state index in [1.807, 2.05) is 24.3 Å². The van der Waals surface area contributed by atoms with Crippen LogP contribution in [0.4, 0.5) is 11.5 Å². The maximum absolute atomic E-state index is 12.7. The first-order valence-electron chi connectivity index (χ1n) is 11.6. The van der Waals surface area contributed by atoms with Gasteiger partial charge < -0.3 is 11.1 Å². The number of nitrogens with zero attached hydrogens (tertiary/aromatic N) is 2. The molecule has 1 aliphatic rings. The standard InChI is InChI=1S/C25H36N4O/c1-3-4-8-18(2)15-22-25(29-24(30)16-19-9-6-5-7-10-19)27-17-23(28-22)20-11-13-21(26)14-12-20/h11-14,17-19H,3-10,15-16,26H2,1-2H3,(H,27,29,30). The van der Waals surface area contributed by atoms with E-state index in [0.717, 1.165) is 48.3 Å². The molecule has 1 atom stereocenters. The van der Waals surface area contributed by atoms with Crippen molar-refractivity contribution < 1.29 is 4.79 Å². The molecule has 5 nitrogen and oxygen atoms in total. The summed E-state index contributed by atoms with van der Waals surface area (Å²) in [4.78, 5) is 22.2. The predicted molar refractivity (Wildman–Crippen MR) is 124 cm³/mol. The van der Waals surface area contributed by atoms with Gasteiger partial charge in [-0.05, 0) is 43.2 Å². The summed E-state index contributed by atoms with van der Waals surface area (Å²) < 4.78 is 0. The van der Waals surface area contributed by atoms with E-state index in [9.17, 15) is 4.79 Å². The molecule has 0 spiro atoms. The molecule has 3 rings (SSSR count). The number of carbonyl (C=O) groups is 1. The SMILES string of the molecule is CCCCC(C)Cc1nc(-c2ccc(N)cc2)cnc1NC(=O)CC1CCCCC1. The van der Waals surface area contributed by atoms with E-state index in [2.05, 4.69) is 24.1 Å². The molecule has 3 N–H and O–H groups in total. The van der Waals surface area contributed by atoms with Crippen molar-refractivity contribution in [2.75, 3.05) is 11.1 Å². The van der Waals surface area contributed by atoms with Crippen LogP contribution >= 0.6 is 0 Å². The molecule has 0 radical (unpaired) electrons. The Labute approximate surface area is 180 Å². The molecule has 162 valence electrons. The lowest BCUT2D eigenvalue weighted by Crippen LogP contribution is -2.20. The monoisotopic (exact) mass is 408 g/mol. The van der Waals surface area contributed by atoms with Crippen LogP contribution in [0.15, 0.2) is 30.5 Å². The van der Waals surface area contributed by atoms with Gasteiger partial charge in [0.2, 0.25) is 5.91 Å². The van der Waals surface area contributed by atoms with E-state index < -0.39 is 0 Å². The highest BCUT2D eigenvalue weighted by atomic mass is 16.1. The number of rotatable bonds is 9. The molecule has 0 aliphatic heterocycles. The zero-order valence-electron chi connectivity index (χ0n) is 18.5. The zero-order chi connectivity index (χ0) is 21.3. The highest BCUT2D eigenvalue weighted by Gasteiger charge is 2.19. The number of nitrogen functional groups attached to an aromatic ring is 1. The maximum atomic E-state index is 12.7. The number of carbonyl (C=O) groups excluding carboxylic acids is 1. The van der Waals surface area contributed by atoms with Crippen LogP contribution in [0.5, 0.6) is 0 Å². The van der Waals surface area contributed by atoms with Crippen molar-refractivity contribution in [2.45, 2.75) is 78.1 Å². The zero-order valence-corrected chi connectivity index (χ0v) is 18.5. The van der Waals surface area contributed by atoms with Crippen molar-refractivity contribution in [1.82, 2.24) is 9.97 Å². The summed E-state index contributed by atoms with van der Waals surface area (Å²) in [7, 11) is 0. The topological polar surface area (TPSA) is 80.9 Å². The van der Waals surface area contributed by atoms with Gasteiger partial charge in [-0.3, -0.25) is 4.79 Å². The Bertz CT molecular complexity index is 812. The molecule has 1 amide bonds. The number of hydrogen-bond acceptors (Lipinski definition) is 4. The van der Waals surface area contributed by atoms with Gasteiger partial charge in [0.05, 0.1) is 17.6 Å². The summed E-state index contributed by atoms with van der Waals surface area (Å²) in [5.41, 5.74) is 9.23. The number of aromatic nitrogens is 2. The molecule has 1 aliphatic carbocycles. The van der Waals surface area contributed by atoms with Gasteiger partial charge in [0.15, 0.2) is 5.82 Å². The third-order valence-corrected chi connectivity index (χ3v) is 6.10. The van der Waals surface area contributed by atoms with Crippen LogP contribution in [0.1, 0.15) is 77.3 Å². The minimum absolute atomic E-state index is 0.0684. The average molecular weight is 409 g/mol. The normalized spacial score (nSPS) is 15.7. The van der Waals surface area contributed by atoms with Gasteiger partial charge in [0, 0.05) is 17.7 Å². The molecule has 0 saturated heterocycles. The summed E-state index contributed by atoms with van der Waals surface area (Å²) in [6.07, 6.45) is 12.8. The van der Waals surface area contributed by atoms with Crippen LogP contribution in [0.2, 0.25) is 0 Å². The minimum atomic E-state index is 0.0684. The Kier molecular flexibility index (Phi) is 8.23. The van der Waals surface area contributed by atoms with Gasteiger partial charge in [0.1, 0.15) is 0 Å². The van der Waals surface area contributed by atoms with Gasteiger partial charge >= 0.3 is 0 Å². The van der Waals surface area contributed by atoms with Gasteiger partial charge in [-0.15, -0.1) is 0 Å². The second-order valence-electron chi connectivity index (χ2n) is 8.88. The molecular formula is C25H36N4O. The highest BCUT2D eigenvalue weighted by molar-refractivity contribution is 5.90. The fourth-order valence-corrected chi connectivity index (χ4v) is 4.29. The van der Waals surface area contributed by atoms with Crippen LogP contribution in [0, 0.1) is 11.8 Å². The number of unbranched alkanes of at least 4 members (excludes halogenated alkanes) is 1. The third-order valence-electron chi connectivity index (χ3n) is 6.10. The largest absolute Gasteiger partial charge is 0.399 e. The van der Waals surface area contributed by atoms with E-state index in [4.69, 9.17) is 10.7 Å². The molecule has 1 saturated carbocycles. The van der Waals surface area contributed by atoms with Crippen molar-refractivity contribution in [3.8, 4) is 11.3 Å². The molecular weight excluding hydrogens is 372 g/mol. The second-order valence-corrected chi connectivity index (χ2v) is 8.88. The third kappa shape index (κ3) is 6.54. The quantitative estimate of drug-likeness (QED) is 0.498. The van der Waals surface area contributed by atoms with E-state index in [-0.39, 0.29) is 5.91 Å². The van der Waals surface area contributed by atoms with E-state index in [1.165, 1.54) is 32.1 Å². The first kappa shape index (κ1) is 22.3. The van der Waals surface area contributed by atoms with Crippen LogP contribution in [-0.4, -0.2) is 15.9 Å². The predicted octanol–water partition coefficient (Wildman–Crippen LogP) is 6.00. The van der Waals surface area contributed by atoms with Crippen LogP contribution in [0.3, 0.4) is 0 Å². The lowest BCUT2D eigenvalue weighted by atomic mass is 9.87. The number of nitrogens with two attached hydrogens (primary N) is 1. The molecule has 5 heteroatoms. The molecule has 1 aromatic carbocycles. The summed E-state index contributed by atoms with van der Waals surface area (Å²) in [5, 5.41) is 3.07. The van der Waals surface area contributed by atoms with Crippen molar-refractivity contribution in [3.63, 3.8) is 0 Å². The molecule has 1 unspecified atom stereocenters. The van der Waals surface area contributed by atoms with Gasteiger partial charge in [-0.2, -0.15) is 0 Å². The molecule has 30 heavy (non-hydrogen) atoms. The highest BCUT2D eigenvalue weighted by Crippen LogP contribution is 2.28. The Morgan fingerprint density at radius 3 is 2.63 bits per heavy atom. The maximum Gasteiger partial charge on any atom is 0.225 e. The lowest BCUT2D eigenvalue weighted by molar-refractivity contribution is -0.117. The number of nitrogens with one attached hydrogen (secondary N) is 1. The van der Waals surface area contributed by atoms with Crippen molar-refractivity contribution in [1.29, 1.82) is 0 Å². The van der Waals surface area contributed by atoms with Crippen LogP contribution in [0.25, 0.3) is 11.3 Å². The summed E-state index contributed by atoms with van der Waals surface area (Å²) in [5.74, 6) is 1.69. The minimum Gasteiger partial charge on any atom is -0.399 e. The lowest BCUT2D eigenvalue weighted by Gasteiger charge is -2.21. The van der Waals surface area contributed by atoms with Crippen molar-refractivity contribution in [2.24, 2.45) is 11.8 Å².